The van der Waals surface area contributed by atoms with Crippen LogP contribution in [0.5, 0.6) is 0 Å². The molecule has 0 amide bonds. The zero-order valence-electron chi connectivity index (χ0n) is 28.9. The van der Waals surface area contributed by atoms with E-state index in [1.807, 2.05) is 52.3 Å². The maximum atomic E-state index is 14.0. The summed E-state index contributed by atoms with van der Waals surface area (Å²) in [6, 6.07) is 20.6. The molecular weight excluding hydrogens is 742 g/mol. The van der Waals surface area contributed by atoms with Crippen LogP contribution in [-0.4, -0.2) is 13.2 Å². The minimum Gasteiger partial charge on any atom is -0.373 e. The minimum absolute atomic E-state index is 0.0355. The second kappa shape index (κ2) is 16.1. The van der Waals surface area contributed by atoms with E-state index in [9.17, 15) is 26.3 Å². The van der Waals surface area contributed by atoms with Crippen molar-refractivity contribution in [2.75, 3.05) is 13.2 Å². The van der Waals surface area contributed by atoms with E-state index in [4.69, 9.17) is 9.47 Å². The van der Waals surface area contributed by atoms with Gasteiger partial charge in [0.2, 0.25) is 0 Å². The lowest BCUT2D eigenvalue weighted by atomic mass is 9.73. The van der Waals surface area contributed by atoms with E-state index in [0.29, 0.717) is 17.0 Å². The predicted molar refractivity (Wildman–Crippen MR) is 194 cm³/mol. The summed E-state index contributed by atoms with van der Waals surface area (Å²) in [5.41, 5.74) is 3.08. The number of benzene rings is 4. The van der Waals surface area contributed by atoms with Crippen molar-refractivity contribution in [1.82, 2.24) is 0 Å². The van der Waals surface area contributed by atoms with Crippen molar-refractivity contribution in [2.24, 2.45) is 23.7 Å². The van der Waals surface area contributed by atoms with Crippen LogP contribution in [0.15, 0.2) is 78.9 Å². The Morgan fingerprint density at radius 2 is 0.885 bits per heavy atom. The van der Waals surface area contributed by atoms with Gasteiger partial charge in [0.1, 0.15) is 28.8 Å². The van der Waals surface area contributed by atoms with Gasteiger partial charge in [0, 0.05) is 6.07 Å². The molecule has 2 aliphatic heterocycles. The molecule has 0 aromatic heterocycles. The molecule has 2 saturated heterocycles. The third kappa shape index (κ3) is 8.63. The van der Waals surface area contributed by atoms with Gasteiger partial charge in [0.25, 0.3) is 0 Å². The van der Waals surface area contributed by atoms with Crippen molar-refractivity contribution >= 4 is 15.9 Å². The standard InChI is InChI=1S/C22H21BrF4O.C21H22F2O/c23-22(26,27)21-18(24)10-17(11-19(21)25)14-4-6-15(7-5-14)20-9-8-16(12-28-20)13-2-1-3-13;22-19-10-18(11-20(23)12-19)15-4-6-16(7-5-15)21-9-8-17(13-24-21)14-2-1-3-14/h4-7,10-11,13,16,20H,1-3,8-9,12H2;4-7,10-12,14,17,21H,1-3,8-9,13H2. The summed E-state index contributed by atoms with van der Waals surface area (Å²) in [7, 11) is 0. The fourth-order valence-corrected chi connectivity index (χ4v) is 8.53. The van der Waals surface area contributed by atoms with Gasteiger partial charge in [-0.1, -0.05) is 87.1 Å². The van der Waals surface area contributed by atoms with Gasteiger partial charge in [0.15, 0.2) is 0 Å². The first kappa shape index (κ1) is 37.2. The van der Waals surface area contributed by atoms with E-state index >= 15 is 0 Å². The molecule has 0 N–H and O–H groups in total. The molecule has 2 aliphatic carbocycles. The molecule has 4 fully saturated rings. The maximum absolute atomic E-state index is 14.0. The first-order valence-electron chi connectivity index (χ1n) is 18.5. The van der Waals surface area contributed by atoms with Crippen LogP contribution >= 0.6 is 15.9 Å². The molecule has 0 spiro atoms. The molecule has 4 atom stereocenters. The van der Waals surface area contributed by atoms with E-state index in [0.717, 1.165) is 85.1 Å². The topological polar surface area (TPSA) is 18.5 Å². The summed E-state index contributed by atoms with van der Waals surface area (Å²) < 4.78 is 93.5. The van der Waals surface area contributed by atoms with Gasteiger partial charge in [-0.05, 0) is 123 Å². The number of rotatable bonds is 7. The number of hydrogen-bond donors (Lipinski definition) is 0. The molecule has 4 aromatic carbocycles. The van der Waals surface area contributed by atoms with Gasteiger partial charge in [-0.3, -0.25) is 0 Å². The van der Waals surface area contributed by atoms with E-state index in [1.165, 1.54) is 57.1 Å². The highest BCUT2D eigenvalue weighted by molar-refractivity contribution is 9.09. The quantitative estimate of drug-likeness (QED) is 0.137. The SMILES string of the molecule is Fc1cc(-c2ccc(C3CCC(C4CCC4)CO3)cc2)cc(F)c1C(F)(F)Br.Fc1cc(F)cc(-c2ccc(C3CCC(C4CCC4)CO3)cc2)c1. The smallest absolute Gasteiger partial charge is 0.332 e. The number of hydrogen-bond acceptors (Lipinski definition) is 2. The number of ether oxygens (including phenoxy) is 2. The van der Waals surface area contributed by atoms with Gasteiger partial charge in [0.05, 0.1) is 25.4 Å². The molecule has 9 heteroatoms. The van der Waals surface area contributed by atoms with Gasteiger partial charge >= 0.3 is 4.83 Å². The summed E-state index contributed by atoms with van der Waals surface area (Å²) in [4.78, 5) is -3.75. The van der Waals surface area contributed by atoms with Crippen molar-refractivity contribution in [3.8, 4) is 22.3 Å². The van der Waals surface area contributed by atoms with Crippen molar-refractivity contribution in [2.45, 2.75) is 81.2 Å². The van der Waals surface area contributed by atoms with Crippen molar-refractivity contribution in [1.29, 1.82) is 0 Å². The molecule has 52 heavy (non-hydrogen) atoms. The zero-order chi connectivity index (χ0) is 36.4. The molecule has 4 unspecified atom stereocenters. The van der Waals surface area contributed by atoms with Crippen molar-refractivity contribution < 1.29 is 35.8 Å². The molecular formula is C43H43BrF6O2. The molecule has 4 aromatic rings. The molecule has 8 rings (SSSR count). The molecule has 2 heterocycles. The highest BCUT2D eigenvalue weighted by atomic mass is 79.9. The summed E-state index contributed by atoms with van der Waals surface area (Å²) in [5, 5.41) is 0. The Morgan fingerprint density at radius 1 is 0.481 bits per heavy atom. The van der Waals surface area contributed by atoms with E-state index < -0.39 is 33.7 Å². The van der Waals surface area contributed by atoms with Gasteiger partial charge in [-0.25, -0.2) is 17.6 Å². The molecule has 2 nitrogen and oxygen atoms in total. The Balaban J connectivity index is 0.000000164. The summed E-state index contributed by atoms with van der Waals surface area (Å²) in [6.45, 7) is 1.65. The molecule has 0 bridgehead atoms. The van der Waals surface area contributed by atoms with Crippen LogP contribution in [-0.2, 0) is 14.3 Å². The lowest BCUT2D eigenvalue weighted by Gasteiger charge is -2.38. The Morgan fingerprint density at radius 3 is 1.21 bits per heavy atom. The second-order valence-electron chi connectivity index (χ2n) is 14.9. The van der Waals surface area contributed by atoms with Crippen LogP contribution < -0.4 is 0 Å². The molecule has 276 valence electrons. The molecule has 0 radical (unpaired) electrons. The number of alkyl halides is 3. The highest BCUT2D eigenvalue weighted by Gasteiger charge is 2.36. The fraction of sp³-hybridized carbons (Fsp3) is 0.442. The Bertz CT molecular complexity index is 1760. The lowest BCUT2D eigenvalue weighted by molar-refractivity contribution is -0.0449. The first-order chi connectivity index (χ1) is 25.0. The second-order valence-corrected chi connectivity index (χ2v) is 15.9. The molecule has 2 saturated carbocycles. The van der Waals surface area contributed by atoms with E-state index in [-0.39, 0.29) is 17.8 Å². The highest BCUT2D eigenvalue weighted by Crippen LogP contribution is 2.43. The van der Waals surface area contributed by atoms with Crippen LogP contribution in [0.2, 0.25) is 0 Å². The normalized spacial score (nSPS) is 24.0. The van der Waals surface area contributed by atoms with Gasteiger partial charge < -0.3 is 9.47 Å². The van der Waals surface area contributed by atoms with E-state index in [1.54, 1.807) is 12.1 Å². The van der Waals surface area contributed by atoms with Gasteiger partial charge in [-0.2, -0.15) is 8.78 Å². The number of halogens is 7. The van der Waals surface area contributed by atoms with Crippen LogP contribution in [0.1, 0.15) is 93.1 Å². The minimum atomic E-state index is -3.75. The monoisotopic (exact) mass is 784 g/mol. The largest absolute Gasteiger partial charge is 0.373 e. The van der Waals surface area contributed by atoms with Crippen LogP contribution in [0.4, 0.5) is 26.3 Å². The summed E-state index contributed by atoms with van der Waals surface area (Å²) in [5.74, 6) is -0.541. The Labute approximate surface area is 310 Å². The average Bonchev–Trinajstić information content (AvgIpc) is 3.07. The lowest BCUT2D eigenvalue weighted by Crippen LogP contribution is -2.30. The van der Waals surface area contributed by atoms with Crippen molar-refractivity contribution in [3.63, 3.8) is 0 Å². The van der Waals surface area contributed by atoms with Crippen LogP contribution in [0.25, 0.3) is 22.3 Å². The summed E-state index contributed by atoms with van der Waals surface area (Å²) >= 11 is 2.02. The van der Waals surface area contributed by atoms with E-state index in [2.05, 4.69) is 0 Å². The fourth-order valence-electron chi connectivity index (χ4n) is 8.15. The van der Waals surface area contributed by atoms with Crippen LogP contribution in [0.3, 0.4) is 0 Å². The first-order valence-corrected chi connectivity index (χ1v) is 19.3. The Kier molecular flexibility index (Phi) is 11.5. The third-order valence-electron chi connectivity index (χ3n) is 11.7. The summed E-state index contributed by atoms with van der Waals surface area (Å²) in [6.07, 6.45) is 12.7. The van der Waals surface area contributed by atoms with Gasteiger partial charge in [-0.15, -0.1) is 0 Å². The van der Waals surface area contributed by atoms with Crippen LogP contribution in [0, 0.1) is 46.9 Å². The Hall–Kier alpha value is -3.14. The van der Waals surface area contributed by atoms with Crippen molar-refractivity contribution in [3.05, 3.63) is 119 Å². The zero-order valence-corrected chi connectivity index (χ0v) is 30.5. The maximum Gasteiger partial charge on any atom is 0.332 e. The predicted octanol–water partition coefficient (Wildman–Crippen LogP) is 13.2. The third-order valence-corrected chi connectivity index (χ3v) is 12.1. The average molecular weight is 786 g/mol. The molecule has 4 aliphatic rings.